The lowest BCUT2D eigenvalue weighted by Gasteiger charge is -2.26. The molecule has 1 saturated heterocycles. The van der Waals surface area contributed by atoms with E-state index in [4.69, 9.17) is 11.6 Å². The molecule has 2 N–H and O–H groups in total. The van der Waals surface area contributed by atoms with Gasteiger partial charge in [-0.25, -0.2) is 0 Å². The number of piperazine rings is 1. The molecular weight excluding hydrogens is 288 g/mol. The van der Waals surface area contributed by atoms with Gasteiger partial charge in [0.15, 0.2) is 0 Å². The Kier molecular flexibility index (Phi) is 5.28. The molecule has 1 atom stereocenters. The largest absolute Gasteiger partial charge is 0.416 e. The fraction of sp³-hybridized carbons (Fsp3) is 0.455. The summed E-state index contributed by atoms with van der Waals surface area (Å²) in [6.07, 6.45) is -4.33. The van der Waals surface area contributed by atoms with Crippen LogP contribution >= 0.6 is 24.0 Å². The van der Waals surface area contributed by atoms with Crippen molar-refractivity contribution >= 4 is 24.0 Å². The van der Waals surface area contributed by atoms with Crippen LogP contribution in [0.5, 0.6) is 0 Å². The van der Waals surface area contributed by atoms with Gasteiger partial charge in [0.2, 0.25) is 0 Å². The van der Waals surface area contributed by atoms with Crippen LogP contribution in [0.4, 0.5) is 13.2 Å². The number of hydrogen-bond donors (Lipinski definition) is 2. The first-order valence-corrected chi connectivity index (χ1v) is 5.67. The molecule has 1 fully saturated rings. The molecule has 0 unspecified atom stereocenters. The van der Waals surface area contributed by atoms with Gasteiger partial charge in [-0.3, -0.25) is 0 Å². The van der Waals surface area contributed by atoms with Crippen LogP contribution in [-0.4, -0.2) is 19.6 Å². The summed E-state index contributed by atoms with van der Waals surface area (Å²) < 4.78 is 37.8. The van der Waals surface area contributed by atoms with Gasteiger partial charge in [0.25, 0.3) is 0 Å². The zero-order valence-corrected chi connectivity index (χ0v) is 10.9. The van der Waals surface area contributed by atoms with E-state index in [1.807, 2.05) is 0 Å². The lowest BCUT2D eigenvalue weighted by Crippen LogP contribution is -2.42. The molecule has 0 bridgehead atoms. The lowest BCUT2D eigenvalue weighted by molar-refractivity contribution is -0.137. The molecule has 0 spiro atoms. The van der Waals surface area contributed by atoms with E-state index in [0.717, 1.165) is 25.2 Å². The van der Waals surface area contributed by atoms with Crippen LogP contribution in [-0.2, 0) is 6.18 Å². The zero-order valence-electron chi connectivity index (χ0n) is 9.35. The van der Waals surface area contributed by atoms with Gasteiger partial charge in [-0.2, -0.15) is 13.2 Å². The Morgan fingerprint density at radius 2 is 1.94 bits per heavy atom. The van der Waals surface area contributed by atoms with E-state index in [9.17, 15) is 13.2 Å². The first kappa shape index (κ1) is 15.6. The molecule has 0 saturated carbocycles. The van der Waals surface area contributed by atoms with Crippen LogP contribution in [0, 0.1) is 0 Å². The maximum atomic E-state index is 12.6. The molecule has 1 aliphatic rings. The summed E-state index contributed by atoms with van der Waals surface area (Å²) in [7, 11) is 0. The monoisotopic (exact) mass is 300 g/mol. The van der Waals surface area contributed by atoms with Gasteiger partial charge in [-0.15, -0.1) is 12.4 Å². The summed E-state index contributed by atoms with van der Waals surface area (Å²) in [6.45, 7) is 2.12. The van der Waals surface area contributed by atoms with Crippen molar-refractivity contribution in [2.75, 3.05) is 19.6 Å². The molecule has 0 aliphatic carbocycles. The minimum Gasteiger partial charge on any atom is -0.314 e. The third-order valence-corrected chi connectivity index (χ3v) is 3.08. The van der Waals surface area contributed by atoms with E-state index in [1.54, 1.807) is 0 Å². The van der Waals surface area contributed by atoms with E-state index in [2.05, 4.69) is 10.6 Å². The molecule has 1 heterocycles. The maximum Gasteiger partial charge on any atom is 0.416 e. The van der Waals surface area contributed by atoms with Crippen molar-refractivity contribution in [2.45, 2.75) is 12.2 Å². The van der Waals surface area contributed by atoms with Gasteiger partial charge in [0.1, 0.15) is 0 Å². The van der Waals surface area contributed by atoms with Gasteiger partial charge < -0.3 is 10.6 Å². The second-order valence-corrected chi connectivity index (χ2v) is 4.35. The van der Waals surface area contributed by atoms with Gasteiger partial charge >= 0.3 is 6.18 Å². The summed E-state index contributed by atoms with van der Waals surface area (Å²) in [5, 5.41) is 6.62. The van der Waals surface area contributed by atoms with Crippen molar-refractivity contribution in [3.8, 4) is 0 Å². The number of halogens is 5. The van der Waals surface area contributed by atoms with E-state index in [-0.39, 0.29) is 18.4 Å². The molecule has 1 aliphatic heterocycles. The van der Waals surface area contributed by atoms with Crippen molar-refractivity contribution in [2.24, 2.45) is 0 Å². The fourth-order valence-corrected chi connectivity index (χ4v) is 2.11. The highest BCUT2D eigenvalue weighted by molar-refractivity contribution is 6.31. The number of benzene rings is 1. The van der Waals surface area contributed by atoms with Crippen molar-refractivity contribution in [1.82, 2.24) is 10.6 Å². The lowest BCUT2D eigenvalue weighted by atomic mass is 10.0. The molecule has 0 aromatic heterocycles. The van der Waals surface area contributed by atoms with Crippen molar-refractivity contribution < 1.29 is 13.2 Å². The van der Waals surface area contributed by atoms with Crippen LogP contribution in [0.2, 0.25) is 5.02 Å². The Morgan fingerprint density at radius 1 is 1.22 bits per heavy atom. The molecule has 18 heavy (non-hydrogen) atoms. The first-order valence-electron chi connectivity index (χ1n) is 5.29. The van der Waals surface area contributed by atoms with Crippen molar-refractivity contribution in [3.63, 3.8) is 0 Å². The highest BCUT2D eigenvalue weighted by atomic mass is 35.5. The van der Waals surface area contributed by atoms with Crippen molar-refractivity contribution in [1.29, 1.82) is 0 Å². The van der Waals surface area contributed by atoms with Gasteiger partial charge in [0.05, 0.1) is 5.56 Å². The average Bonchev–Trinajstić information content (AvgIpc) is 2.29. The predicted octanol–water partition coefficient (Wildman–Crippen LogP) is 3.01. The van der Waals surface area contributed by atoms with Crippen LogP contribution in [0.1, 0.15) is 17.2 Å². The van der Waals surface area contributed by atoms with Gasteiger partial charge in [-0.1, -0.05) is 11.6 Å². The summed E-state index contributed by atoms with van der Waals surface area (Å²) in [6, 6.07) is 3.25. The molecule has 1 aromatic carbocycles. The minimum absolute atomic E-state index is 0. The predicted molar refractivity (Wildman–Crippen MR) is 67.3 cm³/mol. The summed E-state index contributed by atoms with van der Waals surface area (Å²) in [5.41, 5.74) is -0.169. The Labute approximate surface area is 114 Å². The third kappa shape index (κ3) is 3.51. The topological polar surface area (TPSA) is 24.1 Å². The maximum absolute atomic E-state index is 12.6. The van der Waals surface area contributed by atoms with Crippen LogP contribution in [0.3, 0.4) is 0 Å². The molecule has 2 rings (SSSR count). The summed E-state index contributed by atoms with van der Waals surface area (Å²) in [5.74, 6) is 0. The van der Waals surface area contributed by atoms with E-state index < -0.39 is 11.7 Å². The number of rotatable bonds is 1. The standard InChI is InChI=1S/C11H12ClF3N2.ClH/c12-9-2-1-7(11(13,14)15)5-8(9)10-6-16-3-4-17-10;/h1-2,5,10,16-17H,3-4,6H2;1H/t10-;/m0./s1. The number of hydrogen-bond acceptors (Lipinski definition) is 2. The molecule has 0 amide bonds. The second kappa shape index (κ2) is 6.10. The van der Waals surface area contributed by atoms with Crippen LogP contribution in [0.15, 0.2) is 18.2 Å². The first-order chi connectivity index (χ1) is 7.98. The summed E-state index contributed by atoms with van der Waals surface area (Å²) >= 11 is 5.94. The highest BCUT2D eigenvalue weighted by Crippen LogP contribution is 2.33. The highest BCUT2D eigenvalue weighted by Gasteiger charge is 2.31. The smallest absolute Gasteiger partial charge is 0.314 e. The fourth-order valence-electron chi connectivity index (χ4n) is 1.86. The quantitative estimate of drug-likeness (QED) is 0.833. The van der Waals surface area contributed by atoms with Gasteiger partial charge in [0, 0.05) is 30.7 Å². The second-order valence-electron chi connectivity index (χ2n) is 3.94. The Morgan fingerprint density at radius 3 is 2.50 bits per heavy atom. The van der Waals surface area contributed by atoms with Crippen LogP contribution < -0.4 is 10.6 Å². The zero-order chi connectivity index (χ0) is 12.5. The van der Waals surface area contributed by atoms with E-state index in [1.165, 1.54) is 6.07 Å². The average molecular weight is 301 g/mol. The van der Waals surface area contributed by atoms with Crippen LogP contribution in [0.25, 0.3) is 0 Å². The minimum atomic E-state index is -4.33. The normalized spacial score (nSPS) is 20.3. The molecule has 102 valence electrons. The Hall–Kier alpha value is -0.490. The Balaban J connectivity index is 0.00000162. The molecule has 1 aromatic rings. The number of nitrogens with one attached hydrogen (secondary N) is 2. The van der Waals surface area contributed by atoms with E-state index >= 15 is 0 Å². The SMILES string of the molecule is Cl.FC(F)(F)c1ccc(Cl)c([C@@H]2CNCCN2)c1. The number of alkyl halides is 3. The molecular formula is C11H13Cl2F3N2. The summed E-state index contributed by atoms with van der Waals surface area (Å²) in [4.78, 5) is 0. The molecule has 0 radical (unpaired) electrons. The van der Waals surface area contributed by atoms with Crippen molar-refractivity contribution in [3.05, 3.63) is 34.3 Å². The Bertz CT molecular complexity index is 404. The molecule has 7 heteroatoms. The molecule has 2 nitrogen and oxygen atoms in total. The van der Waals surface area contributed by atoms with Gasteiger partial charge in [-0.05, 0) is 23.8 Å². The van der Waals surface area contributed by atoms with E-state index in [0.29, 0.717) is 17.1 Å². The third-order valence-electron chi connectivity index (χ3n) is 2.74.